The van der Waals surface area contributed by atoms with Crippen LogP contribution in [0, 0.1) is 27.7 Å². The molecule has 0 radical (unpaired) electrons. The van der Waals surface area contributed by atoms with Crippen LogP contribution in [0.3, 0.4) is 0 Å². The van der Waals surface area contributed by atoms with Gasteiger partial charge in [0, 0.05) is 30.6 Å². The maximum Gasteiger partial charge on any atom is 0.196 e. The van der Waals surface area contributed by atoms with Gasteiger partial charge < -0.3 is 9.30 Å². The summed E-state index contributed by atoms with van der Waals surface area (Å²) in [4.78, 5) is 12.9. The lowest BCUT2D eigenvalue weighted by Crippen LogP contribution is -2.10. The van der Waals surface area contributed by atoms with Crippen LogP contribution in [0.4, 0.5) is 0 Å². The Bertz CT molecular complexity index is 990. The third kappa shape index (κ3) is 4.05. The molecule has 0 spiro atoms. The van der Waals surface area contributed by atoms with Gasteiger partial charge in [0.2, 0.25) is 0 Å². The van der Waals surface area contributed by atoms with Gasteiger partial charge in [0.25, 0.3) is 0 Å². The van der Waals surface area contributed by atoms with Gasteiger partial charge in [-0.3, -0.25) is 9.36 Å². The van der Waals surface area contributed by atoms with Gasteiger partial charge >= 0.3 is 0 Å². The highest BCUT2D eigenvalue weighted by atomic mass is 32.2. The molecule has 3 rings (SSSR count). The number of hydrogen-bond acceptors (Lipinski definition) is 5. The first-order valence-corrected chi connectivity index (χ1v) is 10.2. The van der Waals surface area contributed by atoms with Gasteiger partial charge in [-0.1, -0.05) is 30.0 Å². The molecule has 0 saturated carbocycles. The molecule has 6 nitrogen and oxygen atoms in total. The van der Waals surface area contributed by atoms with E-state index in [-0.39, 0.29) is 5.78 Å². The van der Waals surface area contributed by atoms with Gasteiger partial charge in [0.05, 0.1) is 18.0 Å². The number of aryl methyl sites for hydroxylation is 3. The van der Waals surface area contributed by atoms with Crippen LogP contribution in [0.2, 0.25) is 0 Å². The lowest BCUT2D eigenvalue weighted by atomic mass is 10.2. The maximum absolute atomic E-state index is 12.9. The van der Waals surface area contributed by atoms with E-state index in [4.69, 9.17) is 4.74 Å². The number of thioether (sulfide) groups is 1. The Morgan fingerprint density at radius 2 is 1.89 bits per heavy atom. The van der Waals surface area contributed by atoms with E-state index in [1.807, 2.05) is 49.6 Å². The molecule has 7 heteroatoms. The predicted octanol–water partition coefficient (Wildman–Crippen LogP) is 3.92. The van der Waals surface area contributed by atoms with Crippen molar-refractivity contribution in [2.45, 2.75) is 39.4 Å². The second kappa shape index (κ2) is 8.75. The third-order valence-corrected chi connectivity index (χ3v) is 5.81. The summed E-state index contributed by atoms with van der Waals surface area (Å²) in [6, 6.07) is 10.1. The van der Waals surface area contributed by atoms with Gasteiger partial charge in [-0.05, 0) is 45.4 Å². The first-order chi connectivity index (χ1) is 13.4. The number of ketones is 1. The summed E-state index contributed by atoms with van der Waals surface area (Å²) < 4.78 is 9.31. The zero-order valence-corrected chi connectivity index (χ0v) is 17.8. The minimum atomic E-state index is 0.0961. The molecule has 0 fully saturated rings. The maximum atomic E-state index is 12.9. The zero-order chi connectivity index (χ0) is 20.3. The molecule has 28 heavy (non-hydrogen) atoms. The van der Waals surface area contributed by atoms with Crippen LogP contribution in [0.25, 0.3) is 5.69 Å². The fourth-order valence-electron chi connectivity index (χ4n) is 3.35. The summed E-state index contributed by atoms with van der Waals surface area (Å²) in [5.74, 6) is 1.22. The molecule has 0 bridgehead atoms. The fraction of sp³-hybridized carbons (Fsp3) is 0.381. The number of Topliss-reactive ketones (excluding diaryl/α,β-unsaturated/α-hetero) is 1. The van der Waals surface area contributed by atoms with E-state index in [0.29, 0.717) is 12.4 Å². The average molecular weight is 399 g/mol. The van der Waals surface area contributed by atoms with Crippen LogP contribution < -0.4 is 0 Å². The van der Waals surface area contributed by atoms with E-state index in [9.17, 15) is 4.79 Å². The lowest BCUT2D eigenvalue weighted by molar-refractivity contribution is 0.102. The highest BCUT2D eigenvalue weighted by molar-refractivity contribution is 7.99. The molecule has 0 saturated heterocycles. The quantitative estimate of drug-likeness (QED) is 0.425. The summed E-state index contributed by atoms with van der Waals surface area (Å²) in [5.41, 5.74) is 5.00. The molecular formula is C21H26N4O2S. The van der Waals surface area contributed by atoms with Gasteiger partial charge in [0.15, 0.2) is 10.9 Å². The largest absolute Gasteiger partial charge is 0.383 e. The summed E-state index contributed by atoms with van der Waals surface area (Å²) in [6.45, 7) is 9.36. The van der Waals surface area contributed by atoms with Crippen molar-refractivity contribution in [2.24, 2.45) is 0 Å². The number of methoxy groups -OCH3 is 1. The molecule has 0 unspecified atom stereocenters. The molecular weight excluding hydrogens is 372 g/mol. The van der Waals surface area contributed by atoms with E-state index in [1.54, 1.807) is 7.11 Å². The Balaban J connectivity index is 1.79. The van der Waals surface area contributed by atoms with Gasteiger partial charge in [-0.25, -0.2) is 0 Å². The van der Waals surface area contributed by atoms with Crippen LogP contribution >= 0.6 is 11.8 Å². The molecule has 0 atom stereocenters. The first-order valence-electron chi connectivity index (χ1n) is 9.23. The highest BCUT2D eigenvalue weighted by Crippen LogP contribution is 2.25. The molecule has 0 N–H and O–H groups in total. The number of benzene rings is 1. The van der Waals surface area contributed by atoms with Crippen molar-refractivity contribution in [1.29, 1.82) is 0 Å². The van der Waals surface area contributed by atoms with Crippen LogP contribution in [-0.2, 0) is 11.3 Å². The summed E-state index contributed by atoms with van der Waals surface area (Å²) >= 11 is 1.42. The molecule has 1 aromatic carbocycles. The Morgan fingerprint density at radius 1 is 1.14 bits per heavy atom. The topological polar surface area (TPSA) is 61.9 Å². The van der Waals surface area contributed by atoms with E-state index in [0.717, 1.165) is 45.7 Å². The van der Waals surface area contributed by atoms with Crippen molar-refractivity contribution >= 4 is 17.5 Å². The molecule has 0 aliphatic rings. The van der Waals surface area contributed by atoms with Crippen LogP contribution in [-0.4, -0.2) is 44.6 Å². The van der Waals surface area contributed by atoms with E-state index >= 15 is 0 Å². The molecule has 0 amide bonds. The first kappa shape index (κ1) is 20.4. The Kier molecular flexibility index (Phi) is 6.36. The lowest BCUT2D eigenvalue weighted by Gasteiger charge is -2.11. The van der Waals surface area contributed by atoms with Crippen LogP contribution in [0.15, 0.2) is 35.5 Å². The van der Waals surface area contributed by atoms with E-state index in [1.165, 1.54) is 11.8 Å². The highest BCUT2D eigenvalue weighted by Gasteiger charge is 2.19. The minimum absolute atomic E-state index is 0.0961. The van der Waals surface area contributed by atoms with E-state index in [2.05, 4.69) is 27.8 Å². The number of aromatic nitrogens is 4. The molecule has 0 aliphatic carbocycles. The van der Waals surface area contributed by atoms with Crippen LogP contribution in [0.5, 0.6) is 0 Å². The Morgan fingerprint density at radius 3 is 2.61 bits per heavy atom. The molecule has 2 aromatic heterocycles. The molecule has 148 valence electrons. The number of ether oxygens (including phenoxy) is 1. The fourth-order valence-corrected chi connectivity index (χ4v) is 4.22. The predicted molar refractivity (Wildman–Crippen MR) is 112 cm³/mol. The normalized spacial score (nSPS) is 11.2. The average Bonchev–Trinajstić information content (AvgIpc) is 3.18. The smallest absolute Gasteiger partial charge is 0.196 e. The second-order valence-electron chi connectivity index (χ2n) is 6.79. The van der Waals surface area contributed by atoms with Gasteiger partial charge in [-0.2, -0.15) is 0 Å². The number of para-hydroxylation sites is 1. The SMILES string of the molecule is COCCn1c(C)cc(C(=O)CSc2nnc(C)n2-c2ccccc2C)c1C. The number of nitrogens with zero attached hydrogens (tertiary/aromatic N) is 4. The van der Waals surface area contributed by atoms with Gasteiger partial charge in [0.1, 0.15) is 5.82 Å². The second-order valence-corrected chi connectivity index (χ2v) is 7.74. The zero-order valence-electron chi connectivity index (χ0n) is 17.0. The Labute approximate surface area is 169 Å². The van der Waals surface area contributed by atoms with Crippen molar-refractivity contribution in [3.8, 4) is 5.69 Å². The Hall–Kier alpha value is -2.38. The number of rotatable bonds is 8. The van der Waals surface area contributed by atoms with Crippen molar-refractivity contribution in [1.82, 2.24) is 19.3 Å². The summed E-state index contributed by atoms with van der Waals surface area (Å²) in [6.07, 6.45) is 0. The molecule has 3 aromatic rings. The number of hydrogen-bond donors (Lipinski definition) is 0. The van der Waals surface area contributed by atoms with Crippen molar-refractivity contribution in [3.05, 3.63) is 58.7 Å². The third-order valence-electron chi connectivity index (χ3n) is 4.88. The van der Waals surface area contributed by atoms with Gasteiger partial charge in [-0.15, -0.1) is 10.2 Å². The molecule has 2 heterocycles. The minimum Gasteiger partial charge on any atom is -0.383 e. The van der Waals surface area contributed by atoms with Crippen LogP contribution in [0.1, 0.15) is 33.1 Å². The standard InChI is InChI=1S/C21H26N4O2S/c1-14-8-6-7-9-19(14)25-17(4)22-23-21(25)28-13-20(26)18-12-15(2)24(16(18)3)10-11-27-5/h6-9,12H,10-11,13H2,1-5H3. The monoisotopic (exact) mass is 398 g/mol. The van der Waals surface area contributed by atoms with Crippen molar-refractivity contribution in [2.75, 3.05) is 19.5 Å². The summed E-state index contributed by atoms with van der Waals surface area (Å²) in [7, 11) is 1.68. The van der Waals surface area contributed by atoms with E-state index < -0.39 is 0 Å². The molecule has 0 aliphatic heterocycles. The summed E-state index contributed by atoms with van der Waals surface area (Å²) in [5, 5.41) is 9.23. The van der Waals surface area contributed by atoms with Crippen molar-refractivity contribution in [3.63, 3.8) is 0 Å². The van der Waals surface area contributed by atoms with Crippen molar-refractivity contribution < 1.29 is 9.53 Å². The number of carbonyl (C=O) groups is 1. The number of carbonyl (C=O) groups excluding carboxylic acids is 1.